The van der Waals surface area contributed by atoms with Crippen molar-refractivity contribution in [3.8, 4) is 0 Å². The van der Waals surface area contributed by atoms with Crippen LogP contribution in [0.1, 0.15) is 11.1 Å². The zero-order chi connectivity index (χ0) is 14.8. The van der Waals surface area contributed by atoms with Crippen molar-refractivity contribution in [2.24, 2.45) is 0 Å². The Labute approximate surface area is 136 Å². The molecule has 0 bridgehead atoms. The van der Waals surface area contributed by atoms with Gasteiger partial charge in [-0.25, -0.2) is 0 Å². The highest BCUT2D eigenvalue weighted by Crippen LogP contribution is 2.46. The maximum absolute atomic E-state index is 2.29. The van der Waals surface area contributed by atoms with Crippen molar-refractivity contribution in [2.75, 3.05) is 0 Å². The molecule has 0 saturated heterocycles. The van der Waals surface area contributed by atoms with Gasteiger partial charge in [0.1, 0.15) is 0 Å². The first-order chi connectivity index (χ1) is 10.8. The molecule has 2 heterocycles. The molecule has 0 amide bonds. The van der Waals surface area contributed by atoms with E-state index in [4.69, 9.17) is 0 Å². The molecule has 0 radical (unpaired) electrons. The van der Waals surface area contributed by atoms with Crippen LogP contribution >= 0.6 is 22.7 Å². The predicted octanol–water partition coefficient (Wildman–Crippen LogP) is 7.04. The molecular weight excluding hydrogens is 304 g/mol. The van der Waals surface area contributed by atoms with Gasteiger partial charge in [-0.2, -0.15) is 0 Å². The van der Waals surface area contributed by atoms with Gasteiger partial charge < -0.3 is 0 Å². The molecule has 0 N–H and O–H groups in total. The lowest BCUT2D eigenvalue weighted by Crippen LogP contribution is -1.81. The highest BCUT2D eigenvalue weighted by molar-refractivity contribution is 7.28. The molecule has 0 aliphatic heterocycles. The monoisotopic (exact) mass is 318 g/mol. The normalized spacial score (nSPS) is 12.1. The van der Waals surface area contributed by atoms with E-state index in [-0.39, 0.29) is 0 Å². The molecule has 2 aromatic heterocycles. The van der Waals surface area contributed by atoms with E-state index in [9.17, 15) is 0 Å². The molecule has 3 aromatic carbocycles. The Morgan fingerprint density at radius 1 is 0.591 bits per heavy atom. The summed E-state index contributed by atoms with van der Waals surface area (Å²) in [5.41, 5.74) is 2.88. The number of rotatable bonds is 0. The van der Waals surface area contributed by atoms with Gasteiger partial charge in [-0.3, -0.25) is 0 Å². The van der Waals surface area contributed by atoms with Crippen molar-refractivity contribution < 1.29 is 0 Å². The number of benzene rings is 3. The zero-order valence-electron chi connectivity index (χ0n) is 12.4. The van der Waals surface area contributed by atoms with Gasteiger partial charge in [0, 0.05) is 40.3 Å². The van der Waals surface area contributed by atoms with Crippen molar-refractivity contribution >= 4 is 63.0 Å². The average Bonchev–Trinajstić information content (AvgIpc) is 3.12. The van der Waals surface area contributed by atoms with Crippen LogP contribution in [-0.2, 0) is 0 Å². The fourth-order valence-electron chi connectivity index (χ4n) is 3.59. The second-order valence-electron chi connectivity index (χ2n) is 5.85. The molecule has 0 aliphatic rings. The summed E-state index contributed by atoms with van der Waals surface area (Å²) in [6.07, 6.45) is 0. The van der Waals surface area contributed by atoms with E-state index < -0.39 is 0 Å². The molecule has 106 valence electrons. The Hall–Kier alpha value is -1.90. The number of hydrogen-bond acceptors (Lipinski definition) is 2. The molecule has 5 rings (SSSR count). The largest absolute Gasteiger partial charge is 0.135 e. The lowest BCUT2D eigenvalue weighted by atomic mass is 9.99. The van der Waals surface area contributed by atoms with E-state index in [1.54, 1.807) is 0 Å². The first-order valence-corrected chi connectivity index (χ1v) is 9.10. The number of hydrogen-bond donors (Lipinski definition) is 0. The Bertz CT molecular complexity index is 1100. The van der Waals surface area contributed by atoms with Crippen molar-refractivity contribution in [2.45, 2.75) is 13.8 Å². The summed E-state index contributed by atoms with van der Waals surface area (Å²) in [6.45, 7) is 4.58. The van der Waals surface area contributed by atoms with Crippen LogP contribution in [0.3, 0.4) is 0 Å². The molecule has 0 spiro atoms. The summed E-state index contributed by atoms with van der Waals surface area (Å²) < 4.78 is 5.70. The van der Waals surface area contributed by atoms with Crippen LogP contribution in [0.2, 0.25) is 0 Å². The Morgan fingerprint density at radius 2 is 1.05 bits per heavy atom. The third-order valence-electron chi connectivity index (χ3n) is 4.62. The van der Waals surface area contributed by atoms with Gasteiger partial charge in [0.25, 0.3) is 0 Å². The predicted molar refractivity (Wildman–Crippen MR) is 102 cm³/mol. The van der Waals surface area contributed by atoms with Crippen LogP contribution in [-0.4, -0.2) is 0 Å². The van der Waals surface area contributed by atoms with Gasteiger partial charge in [-0.1, -0.05) is 36.4 Å². The minimum Gasteiger partial charge on any atom is -0.135 e. The molecule has 0 atom stereocenters. The maximum atomic E-state index is 2.29. The third-order valence-corrected chi connectivity index (χ3v) is 7.20. The highest BCUT2D eigenvalue weighted by atomic mass is 32.1. The van der Waals surface area contributed by atoms with Gasteiger partial charge in [0.2, 0.25) is 0 Å². The quantitative estimate of drug-likeness (QED) is 0.287. The van der Waals surface area contributed by atoms with Crippen molar-refractivity contribution in [1.82, 2.24) is 0 Å². The summed E-state index contributed by atoms with van der Waals surface area (Å²) in [5, 5.41) is 5.71. The molecule has 0 saturated carbocycles. The van der Waals surface area contributed by atoms with Crippen LogP contribution in [0.15, 0.2) is 48.5 Å². The molecule has 0 nitrogen and oxygen atoms in total. The Balaban J connectivity index is 2.16. The van der Waals surface area contributed by atoms with Crippen molar-refractivity contribution in [3.05, 3.63) is 59.7 Å². The second-order valence-corrected chi connectivity index (χ2v) is 7.96. The zero-order valence-corrected chi connectivity index (χ0v) is 14.1. The van der Waals surface area contributed by atoms with Crippen LogP contribution < -0.4 is 0 Å². The molecule has 5 aromatic rings. The number of fused-ring (bicyclic) bond motifs is 6. The van der Waals surface area contributed by atoms with Crippen LogP contribution in [0.25, 0.3) is 40.3 Å². The summed E-state index contributed by atoms with van der Waals surface area (Å²) in [4.78, 5) is 0. The van der Waals surface area contributed by atoms with Gasteiger partial charge in [0.15, 0.2) is 0 Å². The number of aryl methyl sites for hydroxylation is 2. The van der Waals surface area contributed by atoms with E-state index in [0.717, 1.165) is 0 Å². The topological polar surface area (TPSA) is 0 Å². The molecule has 0 unspecified atom stereocenters. The van der Waals surface area contributed by atoms with Crippen LogP contribution in [0.4, 0.5) is 0 Å². The molecule has 0 fully saturated rings. The van der Waals surface area contributed by atoms with Gasteiger partial charge in [-0.15, -0.1) is 22.7 Å². The Morgan fingerprint density at radius 3 is 1.55 bits per heavy atom. The first-order valence-electron chi connectivity index (χ1n) is 7.47. The lowest BCUT2D eigenvalue weighted by Gasteiger charge is -2.05. The maximum Gasteiger partial charge on any atom is 0.0401 e. The molecular formula is C20H14S2. The smallest absolute Gasteiger partial charge is 0.0401 e. The molecule has 2 heteroatoms. The average molecular weight is 318 g/mol. The summed E-state index contributed by atoms with van der Waals surface area (Å²) in [7, 11) is 0. The summed E-state index contributed by atoms with van der Waals surface area (Å²) in [5.74, 6) is 0. The lowest BCUT2D eigenvalue weighted by molar-refractivity contribution is 1.59. The fourth-order valence-corrected chi connectivity index (χ4v) is 6.19. The van der Waals surface area contributed by atoms with E-state index >= 15 is 0 Å². The highest BCUT2D eigenvalue weighted by Gasteiger charge is 2.17. The standard InChI is InChI=1S/C20H14S2/c1-11-17-13-7-3-5-9-15(13)21-19(17)12(2)20-18(11)14-8-4-6-10-16(14)22-20/h3-10H,1-2H3. The Kier molecular flexibility index (Phi) is 2.47. The van der Waals surface area contributed by atoms with Gasteiger partial charge in [-0.05, 0) is 37.1 Å². The SMILES string of the molecule is Cc1c2sc3ccccc3c2c(C)c2c1sc1ccccc12. The van der Waals surface area contributed by atoms with Crippen LogP contribution in [0.5, 0.6) is 0 Å². The molecule has 0 aliphatic carbocycles. The van der Waals surface area contributed by atoms with Crippen molar-refractivity contribution in [3.63, 3.8) is 0 Å². The summed E-state index contributed by atoms with van der Waals surface area (Å²) in [6, 6.07) is 17.6. The van der Waals surface area contributed by atoms with E-state index in [1.807, 2.05) is 22.7 Å². The molecule has 22 heavy (non-hydrogen) atoms. The third kappa shape index (κ3) is 1.47. The van der Waals surface area contributed by atoms with E-state index in [0.29, 0.717) is 0 Å². The fraction of sp³-hybridized carbons (Fsp3) is 0.100. The minimum absolute atomic E-state index is 1.39. The number of thiophene rings is 2. The van der Waals surface area contributed by atoms with E-state index in [1.165, 1.54) is 51.5 Å². The van der Waals surface area contributed by atoms with Crippen LogP contribution in [0, 0.1) is 13.8 Å². The minimum atomic E-state index is 1.39. The summed E-state index contributed by atoms with van der Waals surface area (Å²) >= 11 is 3.87. The van der Waals surface area contributed by atoms with Gasteiger partial charge >= 0.3 is 0 Å². The van der Waals surface area contributed by atoms with Crippen molar-refractivity contribution in [1.29, 1.82) is 0 Å². The van der Waals surface area contributed by atoms with Gasteiger partial charge in [0.05, 0.1) is 0 Å². The first kappa shape index (κ1) is 12.6. The second kappa shape index (κ2) is 4.31. The van der Waals surface area contributed by atoms with E-state index in [2.05, 4.69) is 62.4 Å².